The van der Waals surface area contributed by atoms with Crippen LogP contribution in [0, 0.1) is 0 Å². The number of nitrogens with one attached hydrogen (secondary N) is 1. The van der Waals surface area contributed by atoms with Crippen LogP contribution in [0.2, 0.25) is 0 Å². The van der Waals surface area contributed by atoms with Gasteiger partial charge in [0.15, 0.2) is 11.5 Å². The molecule has 4 rings (SSSR count). The van der Waals surface area contributed by atoms with E-state index in [0.29, 0.717) is 36.9 Å². The monoisotopic (exact) mass is 388 g/mol. The van der Waals surface area contributed by atoms with Gasteiger partial charge in [-0.15, -0.1) is 0 Å². The lowest BCUT2D eigenvalue weighted by molar-refractivity contribution is -0.116. The first-order chi connectivity index (χ1) is 12.9. The number of amides is 1. The Morgan fingerprint density at radius 1 is 1.07 bits per heavy atom. The van der Waals surface area contributed by atoms with Crippen molar-refractivity contribution in [1.29, 1.82) is 0 Å². The largest absolute Gasteiger partial charge is 0.486 e. The number of aryl methyl sites for hydroxylation is 1. The molecular formula is C19H20N2O5S. The van der Waals surface area contributed by atoms with E-state index in [2.05, 4.69) is 4.72 Å². The number of hydrogen-bond acceptors (Lipinski definition) is 5. The van der Waals surface area contributed by atoms with Crippen LogP contribution in [0.1, 0.15) is 18.9 Å². The second kappa shape index (κ2) is 6.77. The van der Waals surface area contributed by atoms with Crippen LogP contribution in [0.4, 0.5) is 11.4 Å². The number of hydrogen-bond donors (Lipinski definition) is 1. The van der Waals surface area contributed by atoms with Crippen molar-refractivity contribution in [3.8, 4) is 11.5 Å². The summed E-state index contributed by atoms with van der Waals surface area (Å²) in [4.78, 5) is 13.6. The van der Waals surface area contributed by atoms with E-state index < -0.39 is 10.0 Å². The van der Waals surface area contributed by atoms with Crippen molar-refractivity contribution in [2.45, 2.75) is 24.7 Å². The van der Waals surface area contributed by atoms with Crippen LogP contribution in [-0.2, 0) is 21.2 Å². The molecule has 2 aromatic rings. The van der Waals surface area contributed by atoms with Crippen molar-refractivity contribution in [1.82, 2.24) is 0 Å². The Bertz CT molecular complexity index is 1000. The topological polar surface area (TPSA) is 84.9 Å². The lowest BCUT2D eigenvalue weighted by Crippen LogP contribution is -2.33. The molecule has 0 saturated carbocycles. The van der Waals surface area contributed by atoms with Crippen LogP contribution in [0.3, 0.4) is 0 Å². The van der Waals surface area contributed by atoms with E-state index >= 15 is 0 Å². The lowest BCUT2D eigenvalue weighted by atomic mass is 10.0. The number of anilines is 2. The molecular weight excluding hydrogens is 368 g/mol. The van der Waals surface area contributed by atoms with Crippen LogP contribution >= 0.6 is 0 Å². The number of nitrogens with zero attached hydrogens (tertiary/aromatic N) is 1. The second-order valence-corrected chi connectivity index (χ2v) is 8.21. The molecule has 142 valence electrons. The molecule has 27 heavy (non-hydrogen) atoms. The quantitative estimate of drug-likeness (QED) is 0.874. The molecule has 0 fully saturated rings. The predicted octanol–water partition coefficient (Wildman–Crippen LogP) is 2.56. The highest BCUT2D eigenvalue weighted by Gasteiger charge is 2.23. The molecule has 8 heteroatoms. The molecule has 2 heterocycles. The summed E-state index contributed by atoms with van der Waals surface area (Å²) in [6.07, 6.45) is 1.77. The molecule has 0 saturated heterocycles. The number of fused-ring (bicyclic) bond motifs is 2. The van der Waals surface area contributed by atoms with Gasteiger partial charge in [-0.3, -0.25) is 9.52 Å². The molecule has 2 aliphatic rings. The van der Waals surface area contributed by atoms with E-state index in [4.69, 9.17) is 9.47 Å². The molecule has 0 aliphatic carbocycles. The van der Waals surface area contributed by atoms with Gasteiger partial charge in [0.2, 0.25) is 5.91 Å². The molecule has 0 spiro atoms. The average molecular weight is 388 g/mol. The highest BCUT2D eigenvalue weighted by molar-refractivity contribution is 7.92. The Hall–Kier alpha value is -2.74. The molecule has 0 unspecified atom stereocenters. The van der Waals surface area contributed by atoms with E-state index in [1.165, 1.54) is 19.1 Å². The van der Waals surface area contributed by atoms with Crippen LogP contribution in [0.25, 0.3) is 0 Å². The van der Waals surface area contributed by atoms with Crippen molar-refractivity contribution in [2.75, 3.05) is 29.4 Å². The normalized spacial score (nSPS) is 15.8. The van der Waals surface area contributed by atoms with Crippen LogP contribution in [0.5, 0.6) is 11.5 Å². The summed E-state index contributed by atoms with van der Waals surface area (Å²) < 4.78 is 39.0. The Kier molecular flexibility index (Phi) is 4.43. The zero-order valence-corrected chi connectivity index (χ0v) is 15.7. The minimum absolute atomic E-state index is 0.0530. The fourth-order valence-corrected chi connectivity index (χ4v) is 4.43. The standard InChI is InChI=1S/C19H20N2O5S/c1-13(22)21-8-2-3-14-4-5-15(11-17(14)21)20-27(23,24)16-6-7-18-19(12-16)26-10-9-25-18/h4-7,11-12,20H,2-3,8-10H2,1H3. The maximum atomic E-state index is 12.8. The fraction of sp³-hybridized carbons (Fsp3) is 0.316. The molecule has 0 radical (unpaired) electrons. The SMILES string of the molecule is CC(=O)N1CCCc2ccc(NS(=O)(=O)c3ccc4c(c3)OCCO4)cc21. The third kappa shape index (κ3) is 3.44. The van der Waals surface area contributed by atoms with Crippen molar-refractivity contribution in [3.05, 3.63) is 42.0 Å². The molecule has 0 atom stereocenters. The van der Waals surface area contributed by atoms with E-state index in [9.17, 15) is 13.2 Å². The van der Waals surface area contributed by atoms with Crippen molar-refractivity contribution >= 4 is 27.3 Å². The van der Waals surface area contributed by atoms with Gasteiger partial charge in [-0.2, -0.15) is 0 Å². The summed E-state index contributed by atoms with van der Waals surface area (Å²) in [5.41, 5.74) is 2.21. The van der Waals surface area contributed by atoms with Gasteiger partial charge in [-0.25, -0.2) is 8.42 Å². The average Bonchev–Trinajstić information content (AvgIpc) is 2.66. The van der Waals surface area contributed by atoms with Crippen LogP contribution in [-0.4, -0.2) is 34.1 Å². The number of ether oxygens (including phenoxy) is 2. The first kappa shape index (κ1) is 17.7. The van der Waals surface area contributed by atoms with Crippen molar-refractivity contribution < 1.29 is 22.7 Å². The Morgan fingerprint density at radius 3 is 2.63 bits per heavy atom. The summed E-state index contributed by atoms with van der Waals surface area (Å²) >= 11 is 0. The van der Waals surface area contributed by atoms with Gasteiger partial charge in [0.25, 0.3) is 10.0 Å². The van der Waals surface area contributed by atoms with Crippen LogP contribution < -0.4 is 19.1 Å². The molecule has 0 bridgehead atoms. The minimum atomic E-state index is -3.80. The zero-order chi connectivity index (χ0) is 19.0. The lowest BCUT2D eigenvalue weighted by Gasteiger charge is -2.29. The first-order valence-corrected chi connectivity index (χ1v) is 10.3. The first-order valence-electron chi connectivity index (χ1n) is 8.77. The number of rotatable bonds is 3. The molecule has 0 aromatic heterocycles. The van der Waals surface area contributed by atoms with Gasteiger partial charge in [0.1, 0.15) is 13.2 Å². The van der Waals surface area contributed by atoms with Gasteiger partial charge < -0.3 is 14.4 Å². The molecule has 2 aromatic carbocycles. The number of sulfonamides is 1. The number of benzene rings is 2. The zero-order valence-electron chi connectivity index (χ0n) is 14.9. The van der Waals surface area contributed by atoms with Gasteiger partial charge in [-0.1, -0.05) is 6.07 Å². The Labute approximate surface area is 157 Å². The van der Waals surface area contributed by atoms with Crippen LogP contribution in [0.15, 0.2) is 41.3 Å². The van der Waals surface area contributed by atoms with Gasteiger partial charge in [-0.05, 0) is 42.7 Å². The second-order valence-electron chi connectivity index (χ2n) is 6.53. The highest BCUT2D eigenvalue weighted by Crippen LogP contribution is 2.34. The van der Waals surface area contributed by atoms with E-state index in [0.717, 1.165) is 24.1 Å². The summed E-state index contributed by atoms with van der Waals surface area (Å²) in [6, 6.07) is 9.83. The van der Waals surface area contributed by atoms with Gasteiger partial charge in [0.05, 0.1) is 10.6 Å². The smallest absolute Gasteiger partial charge is 0.262 e. The summed E-state index contributed by atoms with van der Waals surface area (Å²) in [7, 11) is -3.80. The maximum Gasteiger partial charge on any atom is 0.262 e. The van der Waals surface area contributed by atoms with E-state index in [1.807, 2.05) is 6.07 Å². The van der Waals surface area contributed by atoms with Gasteiger partial charge in [0, 0.05) is 25.2 Å². The van der Waals surface area contributed by atoms with Crippen molar-refractivity contribution in [2.24, 2.45) is 0 Å². The molecule has 1 amide bonds. The van der Waals surface area contributed by atoms with E-state index in [1.54, 1.807) is 23.1 Å². The molecule has 7 nitrogen and oxygen atoms in total. The number of carbonyl (C=O) groups excluding carboxylic acids is 1. The fourth-order valence-electron chi connectivity index (χ4n) is 3.37. The van der Waals surface area contributed by atoms with Crippen molar-refractivity contribution in [3.63, 3.8) is 0 Å². The highest BCUT2D eigenvalue weighted by atomic mass is 32.2. The Morgan fingerprint density at radius 2 is 1.85 bits per heavy atom. The third-order valence-corrected chi connectivity index (χ3v) is 6.04. The summed E-state index contributed by atoms with van der Waals surface area (Å²) in [5, 5.41) is 0. The number of carbonyl (C=O) groups is 1. The summed E-state index contributed by atoms with van der Waals surface area (Å²) in [6.45, 7) is 2.98. The molecule has 2 aliphatic heterocycles. The van der Waals surface area contributed by atoms with Gasteiger partial charge >= 0.3 is 0 Å². The van der Waals surface area contributed by atoms with E-state index in [-0.39, 0.29) is 10.8 Å². The molecule has 1 N–H and O–H groups in total. The Balaban J connectivity index is 1.63. The predicted molar refractivity (Wildman–Crippen MR) is 101 cm³/mol. The third-order valence-electron chi connectivity index (χ3n) is 4.66. The maximum absolute atomic E-state index is 12.8. The summed E-state index contributed by atoms with van der Waals surface area (Å²) in [5.74, 6) is 0.895. The minimum Gasteiger partial charge on any atom is -0.486 e.